The van der Waals surface area contributed by atoms with E-state index >= 15 is 0 Å². The van der Waals surface area contributed by atoms with Crippen LogP contribution in [0.15, 0.2) is 0 Å². The van der Waals surface area contributed by atoms with Gasteiger partial charge in [-0.3, -0.25) is 0 Å². The Bertz CT molecular complexity index is 327. The molecule has 0 bridgehead atoms. The summed E-state index contributed by atoms with van der Waals surface area (Å²) < 4.78 is 0. The summed E-state index contributed by atoms with van der Waals surface area (Å²) in [6.07, 6.45) is 11.7. The van der Waals surface area contributed by atoms with Crippen LogP contribution >= 0.6 is 0 Å². The Balaban J connectivity index is 1.50. The zero-order valence-electron chi connectivity index (χ0n) is 13.4. The maximum atomic E-state index is 10.3. The molecule has 0 aromatic heterocycles. The number of nitrogens with one attached hydrogen (secondary N) is 1. The van der Waals surface area contributed by atoms with E-state index in [-0.39, 0.29) is 6.10 Å². The molecule has 3 aliphatic carbocycles. The molecule has 3 saturated carbocycles. The van der Waals surface area contributed by atoms with Gasteiger partial charge in [-0.25, -0.2) is 0 Å². The monoisotopic (exact) mass is 279 g/mol. The Morgan fingerprint density at radius 3 is 2.75 bits per heavy atom. The highest BCUT2D eigenvalue weighted by molar-refractivity contribution is 5.01. The van der Waals surface area contributed by atoms with Gasteiger partial charge in [-0.05, 0) is 81.1 Å². The fourth-order valence-corrected chi connectivity index (χ4v) is 5.34. The number of aliphatic hydroxyl groups excluding tert-OH is 1. The lowest BCUT2D eigenvalue weighted by molar-refractivity contribution is -0.0277. The van der Waals surface area contributed by atoms with E-state index in [1.165, 1.54) is 57.9 Å². The molecule has 2 nitrogen and oxygen atoms in total. The molecule has 0 radical (unpaired) electrons. The van der Waals surface area contributed by atoms with Crippen LogP contribution in [0.5, 0.6) is 0 Å². The van der Waals surface area contributed by atoms with Crippen molar-refractivity contribution in [3.8, 4) is 0 Å². The van der Waals surface area contributed by atoms with Crippen molar-refractivity contribution in [2.45, 2.75) is 83.8 Å². The van der Waals surface area contributed by atoms with Gasteiger partial charge < -0.3 is 10.4 Å². The van der Waals surface area contributed by atoms with E-state index < -0.39 is 0 Å². The van der Waals surface area contributed by atoms with Crippen LogP contribution in [0.3, 0.4) is 0 Å². The van der Waals surface area contributed by atoms with E-state index in [1.807, 2.05) is 0 Å². The summed E-state index contributed by atoms with van der Waals surface area (Å²) in [4.78, 5) is 0. The Kier molecular flexibility index (Phi) is 4.42. The lowest BCUT2D eigenvalue weighted by Gasteiger charge is -2.45. The summed E-state index contributed by atoms with van der Waals surface area (Å²) in [5, 5.41) is 14.0. The first-order valence-electron chi connectivity index (χ1n) is 9.02. The normalized spacial score (nSPS) is 42.5. The molecule has 0 saturated heterocycles. The van der Waals surface area contributed by atoms with Gasteiger partial charge >= 0.3 is 0 Å². The summed E-state index contributed by atoms with van der Waals surface area (Å²) in [6.45, 7) is 6.16. The molecule has 0 spiro atoms. The van der Waals surface area contributed by atoms with Crippen LogP contribution in [-0.2, 0) is 0 Å². The summed E-state index contributed by atoms with van der Waals surface area (Å²) in [7, 11) is 0. The third-order valence-corrected chi connectivity index (χ3v) is 6.70. The maximum absolute atomic E-state index is 10.3. The molecule has 0 aliphatic heterocycles. The molecule has 0 unspecified atom stereocenters. The average molecular weight is 279 g/mol. The van der Waals surface area contributed by atoms with Crippen molar-refractivity contribution in [3.63, 3.8) is 0 Å². The zero-order chi connectivity index (χ0) is 14.2. The van der Waals surface area contributed by atoms with Crippen LogP contribution in [-0.4, -0.2) is 23.8 Å². The van der Waals surface area contributed by atoms with Gasteiger partial charge in [0.15, 0.2) is 0 Å². The highest BCUT2D eigenvalue weighted by atomic mass is 16.3. The number of aliphatic hydroxyl groups is 1. The fraction of sp³-hybridized carbons (Fsp3) is 1.00. The van der Waals surface area contributed by atoms with Crippen molar-refractivity contribution in [2.24, 2.45) is 23.2 Å². The van der Waals surface area contributed by atoms with Crippen molar-refractivity contribution in [2.75, 3.05) is 6.54 Å². The van der Waals surface area contributed by atoms with E-state index in [2.05, 4.69) is 19.2 Å². The van der Waals surface area contributed by atoms with E-state index in [0.717, 1.165) is 24.3 Å². The second kappa shape index (κ2) is 5.96. The summed E-state index contributed by atoms with van der Waals surface area (Å²) in [5.41, 5.74) is 0.432. The molecular weight excluding hydrogens is 246 g/mol. The Morgan fingerprint density at radius 1 is 1.20 bits per heavy atom. The Hall–Kier alpha value is -0.0800. The second-order valence-electron chi connectivity index (χ2n) is 8.10. The van der Waals surface area contributed by atoms with Gasteiger partial charge in [0.25, 0.3) is 0 Å². The van der Waals surface area contributed by atoms with Gasteiger partial charge in [0, 0.05) is 6.04 Å². The first-order chi connectivity index (χ1) is 9.61. The highest BCUT2D eigenvalue weighted by Crippen LogP contribution is 2.58. The van der Waals surface area contributed by atoms with E-state index in [1.54, 1.807) is 0 Å². The first-order valence-corrected chi connectivity index (χ1v) is 9.02. The molecule has 2 N–H and O–H groups in total. The van der Waals surface area contributed by atoms with Gasteiger partial charge in [0.1, 0.15) is 0 Å². The van der Waals surface area contributed by atoms with Crippen LogP contribution in [0.2, 0.25) is 0 Å². The third-order valence-electron chi connectivity index (χ3n) is 6.70. The van der Waals surface area contributed by atoms with Crippen LogP contribution in [0.25, 0.3) is 0 Å². The topological polar surface area (TPSA) is 32.3 Å². The van der Waals surface area contributed by atoms with Gasteiger partial charge in [-0.15, -0.1) is 0 Å². The minimum absolute atomic E-state index is 0.0116. The van der Waals surface area contributed by atoms with E-state index in [9.17, 15) is 5.11 Å². The molecule has 20 heavy (non-hydrogen) atoms. The van der Waals surface area contributed by atoms with Crippen LogP contribution in [0, 0.1) is 23.2 Å². The minimum Gasteiger partial charge on any atom is -0.393 e. The molecule has 0 heterocycles. The first kappa shape index (κ1) is 14.8. The average Bonchev–Trinajstić information content (AvgIpc) is 3.16. The van der Waals surface area contributed by atoms with Gasteiger partial charge in [-0.1, -0.05) is 20.3 Å². The van der Waals surface area contributed by atoms with E-state index in [4.69, 9.17) is 0 Å². The molecule has 0 aromatic carbocycles. The van der Waals surface area contributed by atoms with Crippen molar-refractivity contribution in [1.82, 2.24) is 5.32 Å². The Morgan fingerprint density at radius 2 is 2.00 bits per heavy atom. The molecule has 2 heteroatoms. The van der Waals surface area contributed by atoms with Gasteiger partial charge in [-0.2, -0.15) is 0 Å². The summed E-state index contributed by atoms with van der Waals surface area (Å²) in [5.74, 6) is 2.27. The summed E-state index contributed by atoms with van der Waals surface area (Å²) in [6, 6.07) is 0.854. The molecule has 116 valence electrons. The minimum atomic E-state index is -0.0116. The maximum Gasteiger partial charge on any atom is 0.0573 e. The molecule has 3 fully saturated rings. The quantitative estimate of drug-likeness (QED) is 0.726. The molecule has 0 aromatic rings. The van der Waals surface area contributed by atoms with Crippen molar-refractivity contribution >= 4 is 0 Å². The van der Waals surface area contributed by atoms with Crippen molar-refractivity contribution < 1.29 is 5.11 Å². The third kappa shape index (κ3) is 2.92. The SMILES string of the molecule is C[C@H](CCCNC1CC1)[C@H]1CC[C@H]2[C@@H](O)CCC[C@]12C. The van der Waals surface area contributed by atoms with Crippen molar-refractivity contribution in [1.29, 1.82) is 0 Å². The van der Waals surface area contributed by atoms with Gasteiger partial charge in [0.2, 0.25) is 0 Å². The lowest BCUT2D eigenvalue weighted by atomic mass is 9.61. The lowest BCUT2D eigenvalue weighted by Crippen LogP contribution is -2.41. The molecule has 3 aliphatic rings. The molecule has 5 atom stereocenters. The predicted molar refractivity (Wildman–Crippen MR) is 83.6 cm³/mol. The number of hydrogen-bond acceptors (Lipinski definition) is 2. The van der Waals surface area contributed by atoms with Crippen LogP contribution < -0.4 is 5.32 Å². The Labute approximate surface area is 124 Å². The summed E-state index contributed by atoms with van der Waals surface area (Å²) >= 11 is 0. The van der Waals surface area contributed by atoms with Crippen LogP contribution in [0.1, 0.15) is 71.6 Å². The standard InChI is InChI=1S/C18H33NO/c1-13(5-4-12-19-14-7-8-14)15-9-10-16-17(20)6-3-11-18(15,16)2/h13-17,19-20H,3-12H2,1-2H3/t13-,15-,16+,17+,18-/m1/s1. The number of fused-ring (bicyclic) bond motifs is 1. The largest absolute Gasteiger partial charge is 0.393 e. The predicted octanol–water partition coefficient (Wildman–Crippen LogP) is 3.73. The number of hydrogen-bond donors (Lipinski definition) is 2. The van der Waals surface area contributed by atoms with Crippen LogP contribution in [0.4, 0.5) is 0 Å². The zero-order valence-corrected chi connectivity index (χ0v) is 13.4. The number of rotatable bonds is 6. The highest BCUT2D eigenvalue weighted by Gasteiger charge is 2.51. The second-order valence-corrected chi connectivity index (χ2v) is 8.10. The smallest absolute Gasteiger partial charge is 0.0573 e. The molecular formula is C18H33NO. The fourth-order valence-electron chi connectivity index (χ4n) is 5.34. The van der Waals surface area contributed by atoms with E-state index in [0.29, 0.717) is 11.3 Å². The van der Waals surface area contributed by atoms with Crippen molar-refractivity contribution in [3.05, 3.63) is 0 Å². The molecule has 0 amide bonds. The molecule has 3 rings (SSSR count). The van der Waals surface area contributed by atoms with Gasteiger partial charge in [0.05, 0.1) is 6.10 Å².